The summed E-state index contributed by atoms with van der Waals surface area (Å²) in [5.41, 5.74) is -1.81. The largest absolute Gasteiger partial charge is 0.459 e. The van der Waals surface area contributed by atoms with Crippen LogP contribution in [-0.2, 0) is 33.4 Å². The maximum Gasteiger partial charge on any atom is 0.320 e. The van der Waals surface area contributed by atoms with Crippen molar-refractivity contribution in [3.63, 3.8) is 0 Å². The highest BCUT2D eigenvalue weighted by molar-refractivity contribution is 5.73. The van der Waals surface area contributed by atoms with Crippen molar-refractivity contribution >= 4 is 23.8 Å². The van der Waals surface area contributed by atoms with E-state index in [1.807, 2.05) is 87.9 Å². The molecule has 1 rings (SSSR count). The van der Waals surface area contributed by atoms with Gasteiger partial charge in [-0.25, -0.2) is 4.79 Å². The Bertz CT molecular complexity index is 805. The van der Waals surface area contributed by atoms with Crippen LogP contribution >= 0.6 is 0 Å². The van der Waals surface area contributed by atoms with Gasteiger partial charge in [0.25, 0.3) is 0 Å². The molecule has 1 aliphatic heterocycles. The highest BCUT2D eigenvalue weighted by Gasteiger charge is 2.25. The van der Waals surface area contributed by atoms with Crippen molar-refractivity contribution in [1.82, 2.24) is 19.6 Å². The molecule has 11 nitrogen and oxygen atoms in total. The first-order valence-electron chi connectivity index (χ1n) is 13.6. The minimum absolute atomic E-state index is 0.0812. The highest BCUT2D eigenvalue weighted by atomic mass is 16.6. The van der Waals surface area contributed by atoms with E-state index in [0.717, 1.165) is 0 Å². The first kappa shape index (κ1) is 34.6. The van der Waals surface area contributed by atoms with E-state index in [1.54, 1.807) is 0 Å². The van der Waals surface area contributed by atoms with Gasteiger partial charge in [-0.1, -0.05) is 0 Å². The SMILES string of the molecule is CC(C)(C)OC(=O)CN1CCN(C=C=O)CCN(CC(=O)OC(C)(C)C)CCN(CC(=O)OC(C)(C)C)CC1. The number of rotatable bonds is 7. The summed E-state index contributed by atoms with van der Waals surface area (Å²) in [6.45, 7) is 20.6. The molecule has 0 bridgehead atoms. The molecule has 39 heavy (non-hydrogen) atoms. The van der Waals surface area contributed by atoms with E-state index in [-0.39, 0.29) is 37.5 Å². The lowest BCUT2D eigenvalue weighted by Crippen LogP contribution is -2.48. The third kappa shape index (κ3) is 17.7. The van der Waals surface area contributed by atoms with Crippen molar-refractivity contribution in [2.24, 2.45) is 0 Å². The fraction of sp³-hybridized carbons (Fsp3) is 0.821. The second kappa shape index (κ2) is 15.4. The summed E-state index contributed by atoms with van der Waals surface area (Å²) < 4.78 is 16.6. The molecule has 1 aliphatic rings. The number of carbonyl (C=O) groups excluding carboxylic acids is 4. The third-order valence-corrected chi connectivity index (χ3v) is 5.43. The molecule has 0 unspecified atom stereocenters. The minimum Gasteiger partial charge on any atom is -0.459 e. The zero-order valence-electron chi connectivity index (χ0n) is 25.5. The molecule has 0 N–H and O–H groups in total. The van der Waals surface area contributed by atoms with Crippen LogP contribution in [0.2, 0.25) is 0 Å². The van der Waals surface area contributed by atoms with Crippen molar-refractivity contribution in [3.05, 3.63) is 6.20 Å². The van der Waals surface area contributed by atoms with E-state index in [4.69, 9.17) is 14.2 Å². The molecule has 0 aromatic heterocycles. The molecule has 0 saturated carbocycles. The van der Waals surface area contributed by atoms with Crippen LogP contribution in [0.5, 0.6) is 0 Å². The summed E-state index contributed by atoms with van der Waals surface area (Å²) in [6.07, 6.45) is 1.36. The van der Waals surface area contributed by atoms with Crippen molar-refractivity contribution in [3.8, 4) is 0 Å². The Morgan fingerprint density at radius 2 is 0.821 bits per heavy atom. The topological polar surface area (TPSA) is 109 Å². The van der Waals surface area contributed by atoms with E-state index in [1.165, 1.54) is 6.20 Å². The number of carbonyl (C=O) groups is 3. The van der Waals surface area contributed by atoms with Gasteiger partial charge in [-0.2, -0.15) is 0 Å². The minimum atomic E-state index is -0.607. The smallest absolute Gasteiger partial charge is 0.320 e. The summed E-state index contributed by atoms with van der Waals surface area (Å²) in [5, 5.41) is 0. The van der Waals surface area contributed by atoms with Crippen molar-refractivity contribution in [2.45, 2.75) is 79.1 Å². The average Bonchev–Trinajstić information content (AvgIpc) is 2.71. The van der Waals surface area contributed by atoms with Crippen molar-refractivity contribution < 1.29 is 33.4 Å². The fourth-order valence-corrected chi connectivity index (χ4v) is 3.90. The van der Waals surface area contributed by atoms with Crippen LogP contribution in [0.15, 0.2) is 6.20 Å². The van der Waals surface area contributed by atoms with Crippen LogP contribution < -0.4 is 0 Å². The summed E-state index contributed by atoms with van der Waals surface area (Å²) >= 11 is 0. The summed E-state index contributed by atoms with van der Waals surface area (Å²) in [6, 6.07) is 0. The van der Waals surface area contributed by atoms with E-state index in [0.29, 0.717) is 52.4 Å². The van der Waals surface area contributed by atoms with Gasteiger partial charge in [0.2, 0.25) is 0 Å². The van der Waals surface area contributed by atoms with Gasteiger partial charge in [0.05, 0.1) is 25.8 Å². The number of esters is 3. The molecule has 0 atom stereocenters. The first-order valence-corrected chi connectivity index (χ1v) is 13.6. The quantitative estimate of drug-likeness (QED) is 0.260. The second-order valence-electron chi connectivity index (χ2n) is 12.9. The lowest BCUT2D eigenvalue weighted by atomic mass is 10.2. The second-order valence-corrected chi connectivity index (χ2v) is 12.9. The number of ether oxygens (including phenoxy) is 3. The lowest BCUT2D eigenvalue weighted by Gasteiger charge is -2.33. The monoisotopic (exact) mass is 554 g/mol. The summed E-state index contributed by atoms with van der Waals surface area (Å²) in [5.74, 6) is 0.825. The molecule has 0 amide bonds. The molecule has 1 fully saturated rings. The van der Waals surface area contributed by atoms with Gasteiger partial charge >= 0.3 is 17.9 Å². The molecule has 0 aromatic carbocycles. The Balaban J connectivity index is 3.10. The Kier molecular flexibility index (Phi) is 13.6. The van der Waals surface area contributed by atoms with Gasteiger partial charge < -0.3 is 19.1 Å². The number of hydrogen-bond acceptors (Lipinski definition) is 11. The van der Waals surface area contributed by atoms with Crippen LogP contribution in [0, 0.1) is 0 Å². The standard InChI is InChI=1S/C28H50N4O7/c1-26(2,3)37-23(34)20-30-12-10-29(18-19-33)11-13-31(21-24(35)38-27(4,5)6)15-17-32(16-14-30)22-25(36)39-28(7,8)9/h18H,10-17,20-22H2,1-9H3. The first-order chi connectivity index (χ1) is 17.8. The zero-order valence-corrected chi connectivity index (χ0v) is 25.5. The molecule has 224 valence electrons. The van der Waals surface area contributed by atoms with Crippen molar-refractivity contribution in [1.29, 1.82) is 0 Å². The van der Waals surface area contributed by atoms with Crippen LogP contribution in [-0.4, -0.2) is 132 Å². The third-order valence-electron chi connectivity index (χ3n) is 5.43. The molecule has 0 aliphatic carbocycles. The molecular weight excluding hydrogens is 504 g/mol. The molecule has 0 aromatic rings. The predicted molar refractivity (Wildman–Crippen MR) is 149 cm³/mol. The van der Waals surface area contributed by atoms with Crippen LogP contribution in [0.4, 0.5) is 0 Å². The van der Waals surface area contributed by atoms with Gasteiger partial charge in [-0.3, -0.25) is 29.1 Å². The number of nitrogens with zero attached hydrogens (tertiary/aromatic N) is 4. The zero-order chi connectivity index (χ0) is 29.9. The number of hydrogen-bond donors (Lipinski definition) is 0. The Morgan fingerprint density at radius 3 is 1.05 bits per heavy atom. The highest BCUT2D eigenvalue weighted by Crippen LogP contribution is 2.11. The van der Waals surface area contributed by atoms with E-state index in [9.17, 15) is 19.2 Å². The summed E-state index contributed by atoms with van der Waals surface area (Å²) in [7, 11) is 0. The Hall–Kier alpha value is -2.46. The van der Waals surface area contributed by atoms with Crippen LogP contribution in [0.1, 0.15) is 62.3 Å². The molecule has 1 heterocycles. The van der Waals surface area contributed by atoms with Gasteiger partial charge in [0, 0.05) is 52.4 Å². The van der Waals surface area contributed by atoms with E-state index >= 15 is 0 Å². The average molecular weight is 555 g/mol. The molecule has 11 heteroatoms. The normalized spacial score (nSPS) is 17.8. The van der Waals surface area contributed by atoms with Crippen LogP contribution in [0.25, 0.3) is 0 Å². The van der Waals surface area contributed by atoms with Crippen LogP contribution in [0.3, 0.4) is 0 Å². The molecule has 1 saturated heterocycles. The van der Waals surface area contributed by atoms with E-state index < -0.39 is 16.8 Å². The fourth-order valence-electron chi connectivity index (χ4n) is 3.90. The summed E-state index contributed by atoms with van der Waals surface area (Å²) in [4.78, 5) is 56.7. The Morgan fingerprint density at radius 1 is 0.564 bits per heavy atom. The van der Waals surface area contributed by atoms with Gasteiger partial charge in [-0.05, 0) is 62.3 Å². The predicted octanol–water partition coefficient (Wildman–Crippen LogP) is 1.58. The molecule has 0 radical (unpaired) electrons. The van der Waals surface area contributed by atoms with E-state index in [2.05, 4.69) is 0 Å². The maximum atomic E-state index is 12.7. The van der Waals surface area contributed by atoms with Crippen molar-refractivity contribution in [2.75, 3.05) is 72.0 Å². The maximum absolute atomic E-state index is 12.7. The van der Waals surface area contributed by atoms with Gasteiger partial charge in [0.15, 0.2) is 0 Å². The molecular formula is C28H50N4O7. The molecule has 0 spiro atoms. The Labute approximate surface area is 234 Å². The lowest BCUT2D eigenvalue weighted by molar-refractivity contribution is -0.158. The van der Waals surface area contributed by atoms with Gasteiger partial charge in [-0.15, -0.1) is 0 Å². The van der Waals surface area contributed by atoms with Gasteiger partial charge in [0.1, 0.15) is 22.7 Å².